The number of phenols is 1. The van der Waals surface area contributed by atoms with E-state index >= 15 is 0 Å². The molecule has 0 aliphatic carbocycles. The topological polar surface area (TPSA) is 32.3 Å². The second-order valence-electron chi connectivity index (χ2n) is 3.55. The first-order chi connectivity index (χ1) is 6.83. The van der Waals surface area contributed by atoms with Crippen molar-refractivity contribution < 1.29 is 5.11 Å². The van der Waals surface area contributed by atoms with Gasteiger partial charge in [0.15, 0.2) is 0 Å². The van der Waals surface area contributed by atoms with Gasteiger partial charge in [0.05, 0.1) is 0 Å². The highest BCUT2D eigenvalue weighted by Crippen LogP contribution is 2.36. The van der Waals surface area contributed by atoms with Crippen LogP contribution in [0.5, 0.6) is 5.75 Å². The van der Waals surface area contributed by atoms with Crippen molar-refractivity contribution in [3.05, 3.63) is 23.8 Å². The Morgan fingerprint density at radius 2 is 2.36 bits per heavy atom. The summed E-state index contributed by atoms with van der Waals surface area (Å²) in [6.07, 6.45) is 4.32. The highest BCUT2D eigenvalue weighted by molar-refractivity contribution is 7.98. The quantitative estimate of drug-likeness (QED) is 0.734. The summed E-state index contributed by atoms with van der Waals surface area (Å²) < 4.78 is 0. The third kappa shape index (κ3) is 1.74. The molecule has 1 atom stereocenters. The molecule has 1 aromatic rings. The average Bonchev–Trinajstić information content (AvgIpc) is 2.71. The van der Waals surface area contributed by atoms with Crippen molar-refractivity contribution in [3.63, 3.8) is 0 Å². The molecule has 1 aliphatic rings. The number of phenolic OH excluding ortho intramolecular Hbond substituents is 1. The molecule has 14 heavy (non-hydrogen) atoms. The SMILES string of the molecule is CSc1cccc([C@@H]2CCCN2)c1O. The number of rotatable bonds is 2. The molecule has 1 fully saturated rings. The number of para-hydroxylation sites is 1. The lowest BCUT2D eigenvalue weighted by Crippen LogP contribution is -2.12. The molecule has 3 heteroatoms. The van der Waals surface area contributed by atoms with E-state index in [-0.39, 0.29) is 0 Å². The Balaban J connectivity index is 2.32. The Kier molecular flexibility index (Phi) is 2.99. The number of nitrogens with one attached hydrogen (secondary N) is 1. The number of hydrogen-bond donors (Lipinski definition) is 2. The summed E-state index contributed by atoms with van der Waals surface area (Å²) in [6, 6.07) is 6.33. The normalized spacial score (nSPS) is 21.4. The zero-order chi connectivity index (χ0) is 9.97. The van der Waals surface area contributed by atoms with Gasteiger partial charge in [0.1, 0.15) is 5.75 Å². The van der Waals surface area contributed by atoms with Crippen LogP contribution in [0.2, 0.25) is 0 Å². The van der Waals surface area contributed by atoms with Gasteiger partial charge in [0, 0.05) is 16.5 Å². The van der Waals surface area contributed by atoms with Crippen molar-refractivity contribution in [3.8, 4) is 5.75 Å². The number of benzene rings is 1. The van der Waals surface area contributed by atoms with Crippen LogP contribution in [0.15, 0.2) is 23.1 Å². The number of hydrogen-bond acceptors (Lipinski definition) is 3. The van der Waals surface area contributed by atoms with Crippen LogP contribution < -0.4 is 5.32 Å². The van der Waals surface area contributed by atoms with Gasteiger partial charge in [-0.05, 0) is 31.7 Å². The van der Waals surface area contributed by atoms with E-state index in [1.807, 2.05) is 24.5 Å². The van der Waals surface area contributed by atoms with E-state index < -0.39 is 0 Å². The molecule has 0 aromatic heterocycles. The minimum Gasteiger partial charge on any atom is -0.506 e. The third-order valence-corrected chi connectivity index (χ3v) is 3.46. The summed E-state index contributed by atoms with van der Waals surface area (Å²) in [5, 5.41) is 13.4. The van der Waals surface area contributed by atoms with Crippen LogP contribution in [0.1, 0.15) is 24.4 Å². The fourth-order valence-corrected chi connectivity index (χ4v) is 2.46. The summed E-state index contributed by atoms with van der Waals surface area (Å²) >= 11 is 1.59. The average molecular weight is 209 g/mol. The van der Waals surface area contributed by atoms with Crippen LogP contribution in [0, 0.1) is 0 Å². The maximum atomic E-state index is 9.99. The van der Waals surface area contributed by atoms with Gasteiger partial charge in [0.2, 0.25) is 0 Å². The smallest absolute Gasteiger partial charge is 0.133 e. The fraction of sp³-hybridized carbons (Fsp3) is 0.455. The Bertz CT molecular complexity index is 321. The Labute approximate surface area is 88.7 Å². The molecule has 1 aliphatic heterocycles. The molecular formula is C11H15NOS. The fourth-order valence-electron chi connectivity index (χ4n) is 1.94. The lowest BCUT2D eigenvalue weighted by atomic mass is 10.0. The van der Waals surface area contributed by atoms with Gasteiger partial charge >= 0.3 is 0 Å². The first-order valence-corrected chi connectivity index (χ1v) is 6.14. The largest absolute Gasteiger partial charge is 0.506 e. The Morgan fingerprint density at radius 1 is 1.50 bits per heavy atom. The lowest BCUT2D eigenvalue weighted by Gasteiger charge is -2.14. The summed E-state index contributed by atoms with van der Waals surface area (Å²) in [4.78, 5) is 0.969. The molecule has 0 unspecified atom stereocenters. The van der Waals surface area contributed by atoms with E-state index in [1.165, 1.54) is 6.42 Å². The van der Waals surface area contributed by atoms with Crippen LogP contribution in [0.4, 0.5) is 0 Å². The van der Waals surface area contributed by atoms with Crippen molar-refractivity contribution in [2.24, 2.45) is 0 Å². The van der Waals surface area contributed by atoms with E-state index in [0.29, 0.717) is 11.8 Å². The van der Waals surface area contributed by atoms with Crippen molar-refractivity contribution >= 4 is 11.8 Å². The van der Waals surface area contributed by atoms with Gasteiger partial charge < -0.3 is 10.4 Å². The minimum atomic E-state index is 0.349. The summed E-state index contributed by atoms with van der Waals surface area (Å²) in [5.74, 6) is 0.458. The second-order valence-corrected chi connectivity index (χ2v) is 4.40. The van der Waals surface area contributed by atoms with Crippen molar-refractivity contribution in [2.75, 3.05) is 12.8 Å². The van der Waals surface area contributed by atoms with Gasteiger partial charge in [-0.2, -0.15) is 0 Å². The van der Waals surface area contributed by atoms with Crippen LogP contribution in [-0.2, 0) is 0 Å². The monoisotopic (exact) mass is 209 g/mol. The van der Waals surface area contributed by atoms with Gasteiger partial charge in [-0.1, -0.05) is 12.1 Å². The van der Waals surface area contributed by atoms with Crippen molar-refractivity contribution in [2.45, 2.75) is 23.8 Å². The van der Waals surface area contributed by atoms with Crippen LogP contribution in [-0.4, -0.2) is 17.9 Å². The van der Waals surface area contributed by atoms with E-state index in [2.05, 4.69) is 5.32 Å². The predicted octanol–water partition coefficient (Wildman–Crippen LogP) is 2.54. The van der Waals surface area contributed by atoms with Crippen molar-refractivity contribution in [1.82, 2.24) is 5.32 Å². The van der Waals surface area contributed by atoms with E-state index in [9.17, 15) is 5.11 Å². The van der Waals surface area contributed by atoms with Gasteiger partial charge in [0.25, 0.3) is 0 Å². The molecule has 2 N–H and O–H groups in total. The molecule has 0 spiro atoms. The van der Waals surface area contributed by atoms with E-state index in [0.717, 1.165) is 23.4 Å². The zero-order valence-electron chi connectivity index (χ0n) is 8.29. The number of thioether (sulfide) groups is 1. The Morgan fingerprint density at radius 3 is 3.00 bits per heavy atom. The predicted molar refractivity (Wildman–Crippen MR) is 59.9 cm³/mol. The first kappa shape index (κ1) is 9.87. The van der Waals surface area contributed by atoms with Crippen LogP contribution in [0.25, 0.3) is 0 Å². The Hall–Kier alpha value is -0.670. The van der Waals surface area contributed by atoms with Gasteiger partial charge in [-0.3, -0.25) is 0 Å². The molecule has 76 valence electrons. The molecular weight excluding hydrogens is 194 g/mol. The third-order valence-electron chi connectivity index (χ3n) is 2.69. The molecule has 1 saturated heterocycles. The summed E-state index contributed by atoms with van der Waals surface area (Å²) in [5.41, 5.74) is 1.05. The molecule has 0 saturated carbocycles. The molecule has 2 rings (SSSR count). The highest BCUT2D eigenvalue weighted by atomic mass is 32.2. The molecule has 0 bridgehead atoms. The van der Waals surface area contributed by atoms with Crippen LogP contribution >= 0.6 is 11.8 Å². The van der Waals surface area contributed by atoms with E-state index in [1.54, 1.807) is 11.8 Å². The summed E-state index contributed by atoms with van der Waals surface area (Å²) in [6.45, 7) is 1.06. The lowest BCUT2D eigenvalue weighted by molar-refractivity contribution is 0.444. The van der Waals surface area contributed by atoms with Crippen molar-refractivity contribution in [1.29, 1.82) is 0 Å². The minimum absolute atomic E-state index is 0.349. The zero-order valence-corrected chi connectivity index (χ0v) is 9.10. The molecule has 1 aromatic carbocycles. The maximum absolute atomic E-state index is 9.99. The molecule has 0 amide bonds. The van der Waals surface area contributed by atoms with Gasteiger partial charge in [-0.25, -0.2) is 0 Å². The first-order valence-electron chi connectivity index (χ1n) is 4.92. The van der Waals surface area contributed by atoms with Crippen LogP contribution in [0.3, 0.4) is 0 Å². The van der Waals surface area contributed by atoms with E-state index in [4.69, 9.17) is 0 Å². The summed E-state index contributed by atoms with van der Waals surface area (Å²) in [7, 11) is 0. The molecule has 0 radical (unpaired) electrons. The van der Waals surface area contributed by atoms with Gasteiger partial charge in [-0.15, -0.1) is 11.8 Å². The molecule has 2 nitrogen and oxygen atoms in total. The maximum Gasteiger partial charge on any atom is 0.133 e. The second kappa shape index (κ2) is 4.24. The standard InChI is InChI=1S/C11H15NOS/c1-14-10-6-2-4-8(11(10)13)9-5-3-7-12-9/h2,4,6,9,12-13H,3,5,7H2,1H3/t9-/m0/s1. The number of aromatic hydroxyl groups is 1. The molecule has 1 heterocycles. The highest BCUT2D eigenvalue weighted by Gasteiger charge is 2.20.